The number of rotatable bonds is 6. The number of thioether (sulfide) groups is 1. The summed E-state index contributed by atoms with van der Waals surface area (Å²) in [5.74, 6) is 1.16. The van der Waals surface area contributed by atoms with Crippen LogP contribution in [0.25, 0.3) is 17.1 Å². The van der Waals surface area contributed by atoms with Gasteiger partial charge in [-0.05, 0) is 60.0 Å². The summed E-state index contributed by atoms with van der Waals surface area (Å²) < 4.78 is 42.6. The number of benzene rings is 3. The van der Waals surface area contributed by atoms with Crippen LogP contribution in [0.3, 0.4) is 0 Å². The van der Waals surface area contributed by atoms with Crippen molar-refractivity contribution < 1.29 is 22.7 Å². The summed E-state index contributed by atoms with van der Waals surface area (Å²) in [5, 5.41) is 9.13. The predicted octanol–water partition coefficient (Wildman–Crippen LogP) is 6.99. The lowest BCUT2D eigenvalue weighted by atomic mass is 9.93. The minimum absolute atomic E-state index is 0.294. The van der Waals surface area contributed by atoms with Crippen LogP contribution >= 0.6 is 11.8 Å². The molecule has 4 aromatic rings. The van der Waals surface area contributed by atoms with Gasteiger partial charge in [-0.15, -0.1) is 18.3 Å². The number of hydrogen-bond acceptors (Lipinski definition) is 6. The lowest BCUT2D eigenvalue weighted by Gasteiger charge is -2.30. The highest BCUT2D eigenvalue weighted by atomic mass is 32.2. The number of aryl methyl sites for hydroxylation is 1. The fraction of sp³-hybridized carbons (Fsp3) is 0.194. The molecule has 1 atom stereocenters. The van der Waals surface area contributed by atoms with Gasteiger partial charge < -0.3 is 4.74 Å². The van der Waals surface area contributed by atoms with Crippen molar-refractivity contribution in [3.63, 3.8) is 0 Å². The van der Waals surface area contributed by atoms with Gasteiger partial charge in [0.05, 0.1) is 11.4 Å². The maximum Gasteiger partial charge on any atom is 0.573 e. The van der Waals surface area contributed by atoms with Crippen LogP contribution in [0.2, 0.25) is 0 Å². The van der Waals surface area contributed by atoms with Crippen LogP contribution in [0.5, 0.6) is 5.75 Å². The quantitative estimate of drug-likeness (QED) is 0.185. The molecular formula is C31H26F3N7O2S. The van der Waals surface area contributed by atoms with Crippen molar-refractivity contribution >= 4 is 34.9 Å². The molecule has 2 aliphatic rings. The first-order valence-electron chi connectivity index (χ1n) is 13.6. The van der Waals surface area contributed by atoms with Gasteiger partial charge in [0.15, 0.2) is 11.0 Å². The maximum absolute atomic E-state index is 12.6. The Morgan fingerprint density at radius 2 is 1.98 bits per heavy atom. The van der Waals surface area contributed by atoms with Crippen LogP contribution < -0.4 is 15.1 Å². The Bertz CT molecular complexity index is 1800. The summed E-state index contributed by atoms with van der Waals surface area (Å²) in [7, 11) is 0. The van der Waals surface area contributed by atoms with E-state index in [1.165, 1.54) is 52.6 Å². The molecule has 0 radical (unpaired) electrons. The summed E-state index contributed by atoms with van der Waals surface area (Å²) in [6.07, 6.45) is 0.956. The predicted molar refractivity (Wildman–Crippen MR) is 164 cm³/mol. The van der Waals surface area contributed by atoms with Crippen LogP contribution in [-0.4, -0.2) is 44.3 Å². The Hall–Kier alpha value is -4.91. The minimum Gasteiger partial charge on any atom is -0.406 e. The normalized spacial score (nSPS) is 17.0. The average molecular weight is 618 g/mol. The summed E-state index contributed by atoms with van der Waals surface area (Å²) >= 11 is 1.52. The first-order chi connectivity index (χ1) is 21.1. The number of halogens is 3. The van der Waals surface area contributed by atoms with Gasteiger partial charge in [-0.25, -0.2) is 19.9 Å². The number of allylic oxidation sites excluding steroid dienone is 1. The first-order valence-corrected chi connectivity index (χ1v) is 14.6. The number of anilines is 1. The van der Waals surface area contributed by atoms with Gasteiger partial charge in [0.2, 0.25) is 0 Å². The Morgan fingerprint density at radius 3 is 2.77 bits per heavy atom. The Kier molecular flexibility index (Phi) is 7.95. The number of nitrogens with zero attached hydrogens (tertiary/aromatic N) is 6. The standard InChI is InChI=1S/C31H26F3N7O2S/c1-19-6-11-26-20(2)15-24-17-44-30(41(24)27(26)14-19)37-29(42)38-36-13-12-21-4-3-5-22(16-21)28-35-18-40(39-28)23-7-9-25(10-8-23)43-31(32,33)34/h3-11,13-16,18,20H,12,17H2,1-2H3,(H,38,42)/b36-13+,37-30?. The third-order valence-electron chi connectivity index (χ3n) is 6.97. The smallest absolute Gasteiger partial charge is 0.406 e. The second-order valence-electron chi connectivity index (χ2n) is 10.2. The summed E-state index contributed by atoms with van der Waals surface area (Å²) in [4.78, 5) is 23.3. The number of fused-ring (bicyclic) bond motifs is 3. The molecule has 0 bridgehead atoms. The molecule has 13 heteroatoms. The van der Waals surface area contributed by atoms with Gasteiger partial charge in [0, 0.05) is 35.6 Å². The number of aliphatic imine (C=N–C) groups is 1. The SMILES string of the molecule is Cc1ccc2c(c1)N1C(=CC2C)CSC1=NC(=O)N/N=C/Cc1cccc(-c2ncn(-c3ccc(OC(F)(F)F)cc3)n2)c1. The van der Waals surface area contributed by atoms with Crippen molar-refractivity contribution in [2.45, 2.75) is 32.5 Å². The van der Waals surface area contributed by atoms with E-state index in [4.69, 9.17) is 0 Å². The maximum atomic E-state index is 12.6. The minimum atomic E-state index is -4.76. The van der Waals surface area contributed by atoms with Gasteiger partial charge in [-0.3, -0.25) is 4.90 Å². The third kappa shape index (κ3) is 6.52. The van der Waals surface area contributed by atoms with E-state index in [1.54, 1.807) is 6.21 Å². The second kappa shape index (κ2) is 12.0. The summed E-state index contributed by atoms with van der Waals surface area (Å²) in [5.41, 5.74) is 9.20. The molecule has 1 fully saturated rings. The molecule has 0 spiro atoms. The zero-order valence-electron chi connectivity index (χ0n) is 23.6. The fourth-order valence-electron chi connectivity index (χ4n) is 4.99. The van der Waals surface area contributed by atoms with Crippen LogP contribution in [0, 0.1) is 6.92 Å². The molecule has 1 saturated heterocycles. The van der Waals surface area contributed by atoms with Crippen molar-refractivity contribution in [1.82, 2.24) is 20.2 Å². The fourth-order valence-corrected chi connectivity index (χ4v) is 5.98. The van der Waals surface area contributed by atoms with Crippen LogP contribution in [0.1, 0.15) is 29.5 Å². The van der Waals surface area contributed by atoms with E-state index in [1.807, 2.05) is 31.2 Å². The lowest BCUT2D eigenvalue weighted by molar-refractivity contribution is -0.274. The van der Waals surface area contributed by atoms with E-state index >= 15 is 0 Å². The topological polar surface area (TPSA) is 97.0 Å². The molecule has 3 aromatic carbocycles. The number of aromatic nitrogens is 3. The number of hydrogen-bond donors (Lipinski definition) is 1. The number of carbonyl (C=O) groups excluding carboxylic acids is 1. The number of carbonyl (C=O) groups is 1. The van der Waals surface area contributed by atoms with E-state index < -0.39 is 12.4 Å². The first kappa shape index (κ1) is 29.2. The number of urea groups is 1. The molecule has 0 aliphatic carbocycles. The number of nitrogens with one attached hydrogen (secondary N) is 1. The van der Waals surface area contributed by atoms with E-state index in [-0.39, 0.29) is 5.75 Å². The van der Waals surface area contributed by atoms with E-state index in [0.717, 1.165) is 33.8 Å². The number of hydrazone groups is 1. The largest absolute Gasteiger partial charge is 0.573 e. The molecule has 44 heavy (non-hydrogen) atoms. The van der Waals surface area contributed by atoms with Crippen molar-refractivity contribution in [1.29, 1.82) is 0 Å². The molecule has 1 aromatic heterocycles. The van der Waals surface area contributed by atoms with Gasteiger partial charge in [-0.1, -0.05) is 55.1 Å². The van der Waals surface area contributed by atoms with Crippen molar-refractivity contribution in [3.05, 3.63) is 102 Å². The van der Waals surface area contributed by atoms with Gasteiger partial charge in [-0.2, -0.15) is 10.1 Å². The molecule has 1 N–H and O–H groups in total. The highest BCUT2D eigenvalue weighted by Crippen LogP contribution is 2.43. The van der Waals surface area contributed by atoms with Gasteiger partial charge in [0.1, 0.15) is 12.1 Å². The Morgan fingerprint density at radius 1 is 1.16 bits per heavy atom. The molecule has 2 aliphatic heterocycles. The van der Waals surface area contributed by atoms with Crippen molar-refractivity contribution in [2.24, 2.45) is 10.1 Å². The molecule has 1 unspecified atom stereocenters. The molecule has 2 amide bonds. The van der Waals surface area contributed by atoms with E-state index in [2.05, 4.69) is 66.4 Å². The number of amides is 2. The Balaban J connectivity index is 1.07. The number of alkyl halides is 3. The lowest BCUT2D eigenvalue weighted by Crippen LogP contribution is -2.28. The highest BCUT2D eigenvalue weighted by Gasteiger charge is 2.33. The van der Waals surface area contributed by atoms with Crippen molar-refractivity contribution in [3.8, 4) is 22.8 Å². The number of amidine groups is 1. The summed E-state index contributed by atoms with van der Waals surface area (Å²) in [6, 6.07) is 18.6. The highest BCUT2D eigenvalue weighted by molar-refractivity contribution is 8.14. The second-order valence-corrected chi connectivity index (χ2v) is 11.2. The number of ether oxygens (including phenoxy) is 1. The molecule has 9 nitrogen and oxygen atoms in total. The van der Waals surface area contributed by atoms with Crippen LogP contribution in [-0.2, 0) is 6.42 Å². The van der Waals surface area contributed by atoms with E-state index in [0.29, 0.717) is 29.0 Å². The molecule has 6 rings (SSSR count). The van der Waals surface area contributed by atoms with E-state index in [9.17, 15) is 18.0 Å². The zero-order chi connectivity index (χ0) is 30.8. The van der Waals surface area contributed by atoms with Gasteiger partial charge in [0.25, 0.3) is 0 Å². The van der Waals surface area contributed by atoms with Crippen molar-refractivity contribution in [2.75, 3.05) is 10.7 Å². The van der Waals surface area contributed by atoms with Crippen LogP contribution in [0.4, 0.5) is 23.7 Å². The molecule has 224 valence electrons. The molecular weight excluding hydrogens is 591 g/mol. The zero-order valence-corrected chi connectivity index (χ0v) is 24.4. The monoisotopic (exact) mass is 617 g/mol. The molecule has 3 heterocycles. The average Bonchev–Trinajstić information content (AvgIpc) is 3.63. The van der Waals surface area contributed by atoms with Gasteiger partial charge >= 0.3 is 12.4 Å². The summed E-state index contributed by atoms with van der Waals surface area (Å²) in [6.45, 7) is 4.22. The van der Waals surface area contributed by atoms with Crippen LogP contribution in [0.15, 0.2) is 94.9 Å². The molecule has 0 saturated carbocycles. The Labute approximate surface area is 255 Å². The third-order valence-corrected chi connectivity index (χ3v) is 7.95.